The van der Waals surface area contributed by atoms with Gasteiger partial charge in [-0.1, -0.05) is 36.4 Å². The number of hydrogen-bond donors (Lipinski definition) is 0. The van der Waals surface area contributed by atoms with E-state index in [1.54, 1.807) is 29.6 Å². The van der Waals surface area contributed by atoms with Crippen LogP contribution < -0.4 is 9.86 Å². The predicted molar refractivity (Wildman–Crippen MR) is 107 cm³/mol. The number of anilines is 1. The van der Waals surface area contributed by atoms with Crippen LogP contribution in [0.4, 0.5) is 5.13 Å². The number of hydrogen-bond acceptors (Lipinski definition) is 5. The number of thiazole rings is 1. The van der Waals surface area contributed by atoms with Crippen LogP contribution in [0.3, 0.4) is 0 Å². The molecule has 0 aliphatic carbocycles. The SMILES string of the molecule is CN(c1nc(-n2c(=O)ccc3ccccc32)cs1)S(=O)(=O)c1ccccc1. The minimum absolute atomic E-state index is 0.187. The van der Waals surface area contributed by atoms with Crippen molar-refractivity contribution in [2.45, 2.75) is 4.90 Å². The summed E-state index contributed by atoms with van der Waals surface area (Å²) in [4.78, 5) is 17.0. The zero-order valence-corrected chi connectivity index (χ0v) is 15.9. The molecule has 136 valence electrons. The monoisotopic (exact) mass is 397 g/mol. The molecule has 4 rings (SSSR count). The lowest BCUT2D eigenvalue weighted by Crippen LogP contribution is -2.26. The summed E-state index contributed by atoms with van der Waals surface area (Å²) in [6.45, 7) is 0. The highest BCUT2D eigenvalue weighted by atomic mass is 32.2. The molecule has 2 heterocycles. The molecular weight excluding hydrogens is 382 g/mol. The number of nitrogens with zero attached hydrogens (tertiary/aromatic N) is 3. The molecule has 0 unspecified atom stereocenters. The molecule has 0 atom stereocenters. The molecule has 6 nitrogen and oxygen atoms in total. The number of fused-ring (bicyclic) bond motifs is 1. The van der Waals surface area contributed by atoms with Crippen LogP contribution in [0, 0.1) is 0 Å². The third-order valence-corrected chi connectivity index (χ3v) is 6.97. The van der Waals surface area contributed by atoms with Gasteiger partial charge in [0.15, 0.2) is 5.82 Å². The summed E-state index contributed by atoms with van der Waals surface area (Å²) in [5.74, 6) is 0.395. The van der Waals surface area contributed by atoms with Crippen LogP contribution in [0.5, 0.6) is 0 Å². The number of sulfonamides is 1. The molecule has 27 heavy (non-hydrogen) atoms. The molecule has 0 saturated heterocycles. The highest BCUT2D eigenvalue weighted by Crippen LogP contribution is 2.27. The van der Waals surface area contributed by atoms with Gasteiger partial charge in [-0.15, -0.1) is 11.3 Å². The maximum atomic E-state index is 12.8. The van der Waals surface area contributed by atoms with Crippen LogP contribution in [0.25, 0.3) is 16.7 Å². The van der Waals surface area contributed by atoms with E-state index in [1.165, 1.54) is 41.2 Å². The fourth-order valence-electron chi connectivity index (χ4n) is 2.78. The summed E-state index contributed by atoms with van der Waals surface area (Å²) in [6.07, 6.45) is 0. The van der Waals surface area contributed by atoms with Gasteiger partial charge < -0.3 is 0 Å². The molecule has 0 saturated carbocycles. The second kappa shape index (κ2) is 6.64. The highest BCUT2D eigenvalue weighted by molar-refractivity contribution is 7.93. The van der Waals surface area contributed by atoms with E-state index in [0.717, 1.165) is 15.2 Å². The normalized spacial score (nSPS) is 11.6. The summed E-state index contributed by atoms with van der Waals surface area (Å²) in [5.41, 5.74) is 0.495. The average molecular weight is 397 g/mol. The fraction of sp³-hybridized carbons (Fsp3) is 0.0526. The quantitative estimate of drug-likeness (QED) is 0.530. The predicted octanol–water partition coefficient (Wildman–Crippen LogP) is 3.27. The Bertz CT molecular complexity index is 1280. The van der Waals surface area contributed by atoms with Gasteiger partial charge in [0.1, 0.15) is 0 Å². The third kappa shape index (κ3) is 3.02. The number of rotatable bonds is 4. The van der Waals surface area contributed by atoms with Crippen molar-refractivity contribution in [3.8, 4) is 5.82 Å². The first-order chi connectivity index (χ1) is 13.0. The van der Waals surface area contributed by atoms with E-state index in [0.29, 0.717) is 5.82 Å². The summed E-state index contributed by atoms with van der Waals surface area (Å²) < 4.78 is 28.2. The number of pyridine rings is 1. The van der Waals surface area contributed by atoms with Crippen molar-refractivity contribution in [1.82, 2.24) is 9.55 Å². The van der Waals surface area contributed by atoms with Crippen molar-refractivity contribution in [3.05, 3.63) is 82.5 Å². The van der Waals surface area contributed by atoms with E-state index in [-0.39, 0.29) is 15.6 Å². The molecule has 0 bridgehead atoms. The molecule has 0 spiro atoms. The van der Waals surface area contributed by atoms with Gasteiger partial charge in [-0.05, 0) is 29.7 Å². The van der Waals surface area contributed by atoms with E-state index in [2.05, 4.69) is 4.98 Å². The van der Waals surface area contributed by atoms with Crippen molar-refractivity contribution in [2.24, 2.45) is 0 Å². The molecule has 2 aromatic carbocycles. The Balaban J connectivity index is 1.79. The summed E-state index contributed by atoms with van der Waals surface area (Å²) in [6, 6.07) is 18.9. The Hall–Kier alpha value is -2.97. The molecule has 0 amide bonds. The van der Waals surface area contributed by atoms with Crippen molar-refractivity contribution in [2.75, 3.05) is 11.4 Å². The largest absolute Gasteiger partial charge is 0.269 e. The molecule has 8 heteroatoms. The topological polar surface area (TPSA) is 72.3 Å². The molecule has 4 aromatic rings. The lowest BCUT2D eigenvalue weighted by Gasteiger charge is -2.16. The smallest absolute Gasteiger partial charge is 0.265 e. The van der Waals surface area contributed by atoms with E-state index in [4.69, 9.17) is 0 Å². The van der Waals surface area contributed by atoms with Crippen LogP contribution in [0.2, 0.25) is 0 Å². The van der Waals surface area contributed by atoms with Crippen molar-refractivity contribution < 1.29 is 8.42 Å². The number of aromatic nitrogens is 2. The summed E-state index contributed by atoms with van der Waals surface area (Å²) in [5, 5.41) is 2.87. The van der Waals surface area contributed by atoms with Gasteiger partial charge in [-0.25, -0.2) is 17.7 Å². The van der Waals surface area contributed by atoms with Gasteiger partial charge in [0.2, 0.25) is 5.13 Å². The van der Waals surface area contributed by atoms with E-state index in [1.807, 2.05) is 24.3 Å². The molecule has 0 fully saturated rings. The zero-order valence-electron chi connectivity index (χ0n) is 14.3. The fourth-order valence-corrected chi connectivity index (χ4v) is 4.93. The minimum Gasteiger partial charge on any atom is -0.269 e. The Morgan fingerprint density at radius 3 is 2.44 bits per heavy atom. The van der Waals surface area contributed by atoms with E-state index in [9.17, 15) is 13.2 Å². The molecule has 0 radical (unpaired) electrons. The molecule has 0 aliphatic rings. The second-order valence-corrected chi connectivity index (χ2v) is 8.65. The Morgan fingerprint density at radius 2 is 1.67 bits per heavy atom. The second-order valence-electron chi connectivity index (χ2n) is 5.84. The number of para-hydroxylation sites is 1. The standard InChI is InChI=1S/C19H15N3O3S2/c1-21(27(24,25)15-8-3-2-4-9-15)19-20-17(13-26-19)22-16-10-6-5-7-14(16)11-12-18(22)23/h2-13H,1H3. The van der Waals surface area contributed by atoms with Crippen LogP contribution in [0.1, 0.15) is 0 Å². The van der Waals surface area contributed by atoms with Crippen LogP contribution in [0.15, 0.2) is 81.8 Å². The van der Waals surface area contributed by atoms with E-state index >= 15 is 0 Å². The maximum absolute atomic E-state index is 12.8. The Kier molecular flexibility index (Phi) is 4.29. The van der Waals surface area contributed by atoms with Gasteiger partial charge >= 0.3 is 0 Å². The van der Waals surface area contributed by atoms with Crippen LogP contribution >= 0.6 is 11.3 Å². The number of benzene rings is 2. The van der Waals surface area contributed by atoms with Gasteiger partial charge in [0.25, 0.3) is 15.6 Å². The minimum atomic E-state index is -3.72. The lowest BCUT2D eigenvalue weighted by atomic mass is 10.2. The molecule has 0 N–H and O–H groups in total. The molecule has 2 aromatic heterocycles. The van der Waals surface area contributed by atoms with E-state index < -0.39 is 10.0 Å². The first-order valence-corrected chi connectivity index (χ1v) is 10.4. The Labute approximate surface area is 160 Å². The summed E-state index contributed by atoms with van der Waals surface area (Å²) >= 11 is 1.17. The van der Waals surface area contributed by atoms with Crippen molar-refractivity contribution >= 4 is 37.4 Å². The highest BCUT2D eigenvalue weighted by Gasteiger charge is 2.24. The van der Waals surface area contributed by atoms with Gasteiger partial charge in [-0.3, -0.25) is 9.36 Å². The Morgan fingerprint density at radius 1 is 0.963 bits per heavy atom. The summed E-state index contributed by atoms with van der Waals surface area (Å²) in [7, 11) is -2.26. The first-order valence-electron chi connectivity index (χ1n) is 8.09. The van der Waals surface area contributed by atoms with Crippen molar-refractivity contribution in [1.29, 1.82) is 0 Å². The van der Waals surface area contributed by atoms with Gasteiger partial charge in [0.05, 0.1) is 10.4 Å². The van der Waals surface area contributed by atoms with Crippen LogP contribution in [-0.2, 0) is 10.0 Å². The van der Waals surface area contributed by atoms with Crippen molar-refractivity contribution in [3.63, 3.8) is 0 Å². The average Bonchev–Trinajstić information content (AvgIpc) is 3.17. The molecule has 0 aliphatic heterocycles. The van der Waals surface area contributed by atoms with Gasteiger partial charge in [0, 0.05) is 18.5 Å². The maximum Gasteiger partial charge on any atom is 0.265 e. The zero-order chi connectivity index (χ0) is 19.0. The lowest BCUT2D eigenvalue weighted by molar-refractivity contribution is 0.594. The van der Waals surface area contributed by atoms with Crippen LogP contribution in [-0.4, -0.2) is 25.0 Å². The molecular formula is C19H15N3O3S2. The first kappa shape index (κ1) is 17.4. The third-order valence-electron chi connectivity index (χ3n) is 4.18. The van der Waals surface area contributed by atoms with Gasteiger partial charge in [-0.2, -0.15) is 0 Å².